The minimum absolute atomic E-state index is 0.162. The second-order valence-corrected chi connectivity index (χ2v) is 5.49. The molecular formula is C13H25N5O2. The van der Waals surface area contributed by atoms with E-state index in [4.69, 9.17) is 15.0 Å². The maximum atomic E-state index is 6.02. The van der Waals surface area contributed by atoms with Gasteiger partial charge in [-0.1, -0.05) is 5.16 Å². The van der Waals surface area contributed by atoms with Crippen LogP contribution in [0.3, 0.4) is 0 Å². The number of nitrogens with zero attached hydrogens (tertiary/aromatic N) is 4. The van der Waals surface area contributed by atoms with E-state index >= 15 is 0 Å². The predicted molar refractivity (Wildman–Crippen MR) is 75.2 cm³/mol. The van der Waals surface area contributed by atoms with Crippen molar-refractivity contribution in [1.82, 2.24) is 19.9 Å². The molecule has 1 aliphatic rings. The van der Waals surface area contributed by atoms with Crippen LogP contribution in [-0.2, 0) is 4.74 Å². The molecule has 0 aliphatic carbocycles. The molecule has 1 aromatic heterocycles. The van der Waals surface area contributed by atoms with E-state index in [1.807, 2.05) is 0 Å². The Labute approximate surface area is 120 Å². The monoisotopic (exact) mass is 283 g/mol. The quantitative estimate of drug-likeness (QED) is 0.838. The lowest BCUT2D eigenvalue weighted by Gasteiger charge is -2.24. The number of hydrogen-bond acceptors (Lipinski definition) is 7. The van der Waals surface area contributed by atoms with Crippen molar-refractivity contribution in [2.45, 2.75) is 24.9 Å². The van der Waals surface area contributed by atoms with Crippen LogP contribution < -0.4 is 5.73 Å². The first-order valence-corrected chi connectivity index (χ1v) is 7.08. The van der Waals surface area contributed by atoms with Crippen molar-refractivity contribution >= 4 is 0 Å². The minimum atomic E-state index is -0.259. The third-order valence-corrected chi connectivity index (χ3v) is 3.77. The fourth-order valence-corrected chi connectivity index (χ4v) is 2.45. The van der Waals surface area contributed by atoms with E-state index in [9.17, 15) is 0 Å². The first kappa shape index (κ1) is 15.4. The van der Waals surface area contributed by atoms with Gasteiger partial charge in [0.05, 0.1) is 12.1 Å². The van der Waals surface area contributed by atoms with E-state index in [0.717, 1.165) is 31.9 Å². The highest BCUT2D eigenvalue weighted by atomic mass is 16.5. The van der Waals surface area contributed by atoms with Crippen molar-refractivity contribution < 1.29 is 9.26 Å². The summed E-state index contributed by atoms with van der Waals surface area (Å²) >= 11 is 0. The number of hydrogen-bond donors (Lipinski definition) is 1. The number of aromatic nitrogens is 2. The van der Waals surface area contributed by atoms with Crippen LogP contribution in [0.25, 0.3) is 0 Å². The van der Waals surface area contributed by atoms with E-state index in [1.165, 1.54) is 0 Å². The molecular weight excluding hydrogens is 258 g/mol. The Morgan fingerprint density at radius 3 is 3.00 bits per heavy atom. The molecule has 2 heterocycles. The Kier molecular flexibility index (Phi) is 5.47. The Bertz CT molecular complexity index is 411. The Morgan fingerprint density at radius 1 is 1.45 bits per heavy atom. The molecule has 0 bridgehead atoms. The highest BCUT2D eigenvalue weighted by Gasteiger charge is 2.27. The van der Waals surface area contributed by atoms with Crippen LogP contribution in [0.1, 0.15) is 36.6 Å². The molecule has 114 valence electrons. The van der Waals surface area contributed by atoms with Crippen LogP contribution in [0.2, 0.25) is 0 Å². The minimum Gasteiger partial charge on any atom is -0.385 e. The number of nitrogens with two attached hydrogens (primary N) is 1. The molecule has 7 heteroatoms. The van der Waals surface area contributed by atoms with Crippen molar-refractivity contribution in [3.05, 3.63) is 11.7 Å². The molecule has 1 fully saturated rings. The maximum Gasteiger partial charge on any atom is 0.243 e. The second-order valence-electron chi connectivity index (χ2n) is 5.49. The van der Waals surface area contributed by atoms with Gasteiger partial charge in [0.1, 0.15) is 0 Å². The molecule has 2 N–H and O–H groups in total. The molecule has 0 spiro atoms. The summed E-state index contributed by atoms with van der Waals surface area (Å²) in [5, 5.41) is 4.12. The fraction of sp³-hybridized carbons (Fsp3) is 0.846. The van der Waals surface area contributed by atoms with Crippen LogP contribution in [0.15, 0.2) is 4.52 Å². The molecule has 2 atom stereocenters. The number of likely N-dealkylation sites (N-methyl/N-ethyl adjacent to an activating group) is 2. The van der Waals surface area contributed by atoms with Gasteiger partial charge in [0.15, 0.2) is 5.82 Å². The number of methoxy groups -OCH3 is 1. The summed E-state index contributed by atoms with van der Waals surface area (Å²) in [6.45, 7) is 3.63. The SMILES string of the molecule is COCCC(N)c1nc(C2CN(C)CCCN2C)no1. The first-order valence-electron chi connectivity index (χ1n) is 7.08. The summed E-state index contributed by atoms with van der Waals surface area (Å²) in [6.07, 6.45) is 1.83. The largest absolute Gasteiger partial charge is 0.385 e. The maximum absolute atomic E-state index is 6.02. The Hall–Kier alpha value is -1.02. The normalized spacial score (nSPS) is 23.7. The average molecular weight is 283 g/mol. The van der Waals surface area contributed by atoms with Crippen LogP contribution in [0.5, 0.6) is 0 Å². The molecule has 0 saturated carbocycles. The molecule has 0 radical (unpaired) electrons. The van der Waals surface area contributed by atoms with Gasteiger partial charge in [0.2, 0.25) is 5.89 Å². The lowest BCUT2D eigenvalue weighted by atomic mass is 10.2. The standard InChI is InChI=1S/C13H25N5O2/c1-17-6-4-7-18(2)11(9-17)12-15-13(20-16-12)10(14)5-8-19-3/h10-11H,4-9,14H2,1-3H3. The van der Waals surface area contributed by atoms with Gasteiger partial charge in [-0.05, 0) is 40.0 Å². The summed E-state index contributed by atoms with van der Waals surface area (Å²) < 4.78 is 10.3. The first-order chi connectivity index (χ1) is 9.61. The van der Waals surface area contributed by atoms with Crippen LogP contribution >= 0.6 is 0 Å². The second kappa shape index (κ2) is 7.12. The highest BCUT2D eigenvalue weighted by molar-refractivity contribution is 4.99. The van der Waals surface area contributed by atoms with Gasteiger partial charge >= 0.3 is 0 Å². The number of ether oxygens (including phenoxy) is 1. The van der Waals surface area contributed by atoms with E-state index in [2.05, 4.69) is 34.0 Å². The van der Waals surface area contributed by atoms with Crippen LogP contribution in [-0.4, -0.2) is 67.4 Å². The van der Waals surface area contributed by atoms with Crippen molar-refractivity contribution in [3.8, 4) is 0 Å². The molecule has 0 aromatic carbocycles. The smallest absolute Gasteiger partial charge is 0.243 e. The zero-order chi connectivity index (χ0) is 14.5. The van der Waals surface area contributed by atoms with E-state index in [-0.39, 0.29) is 12.1 Å². The molecule has 2 rings (SSSR count). The van der Waals surface area contributed by atoms with Gasteiger partial charge in [0.25, 0.3) is 0 Å². The predicted octanol–water partition coefficient (Wildman–Crippen LogP) is 0.414. The third-order valence-electron chi connectivity index (χ3n) is 3.77. The van der Waals surface area contributed by atoms with Crippen molar-refractivity contribution in [2.75, 3.05) is 47.4 Å². The number of rotatable bonds is 5. The summed E-state index contributed by atoms with van der Waals surface area (Å²) in [6, 6.07) is -0.0976. The summed E-state index contributed by atoms with van der Waals surface area (Å²) in [4.78, 5) is 9.06. The zero-order valence-corrected chi connectivity index (χ0v) is 12.6. The van der Waals surface area contributed by atoms with Gasteiger partial charge in [-0.3, -0.25) is 4.90 Å². The summed E-state index contributed by atoms with van der Waals surface area (Å²) in [7, 11) is 5.88. The molecule has 1 aliphatic heterocycles. The topological polar surface area (TPSA) is 80.7 Å². The van der Waals surface area contributed by atoms with Gasteiger partial charge in [0, 0.05) is 20.3 Å². The van der Waals surface area contributed by atoms with E-state index < -0.39 is 0 Å². The van der Waals surface area contributed by atoms with E-state index in [0.29, 0.717) is 18.9 Å². The summed E-state index contributed by atoms with van der Waals surface area (Å²) in [5.74, 6) is 1.22. The van der Waals surface area contributed by atoms with Crippen molar-refractivity contribution in [3.63, 3.8) is 0 Å². The van der Waals surface area contributed by atoms with Crippen molar-refractivity contribution in [1.29, 1.82) is 0 Å². The van der Waals surface area contributed by atoms with Gasteiger partial charge in [-0.2, -0.15) is 4.98 Å². The Morgan fingerprint density at radius 2 is 2.25 bits per heavy atom. The zero-order valence-electron chi connectivity index (χ0n) is 12.6. The summed E-state index contributed by atoms with van der Waals surface area (Å²) in [5.41, 5.74) is 6.02. The van der Waals surface area contributed by atoms with Crippen LogP contribution in [0, 0.1) is 0 Å². The fourth-order valence-electron chi connectivity index (χ4n) is 2.45. The van der Waals surface area contributed by atoms with Gasteiger partial charge < -0.3 is 19.9 Å². The highest BCUT2D eigenvalue weighted by Crippen LogP contribution is 2.22. The van der Waals surface area contributed by atoms with Gasteiger partial charge in [-0.15, -0.1) is 0 Å². The molecule has 7 nitrogen and oxygen atoms in total. The molecule has 20 heavy (non-hydrogen) atoms. The molecule has 1 aromatic rings. The lowest BCUT2D eigenvalue weighted by molar-refractivity contribution is 0.182. The van der Waals surface area contributed by atoms with Crippen molar-refractivity contribution in [2.24, 2.45) is 5.73 Å². The Balaban J connectivity index is 2.06. The molecule has 2 unspecified atom stereocenters. The molecule has 0 amide bonds. The third kappa shape index (κ3) is 3.76. The van der Waals surface area contributed by atoms with E-state index in [1.54, 1.807) is 7.11 Å². The average Bonchev–Trinajstić information content (AvgIpc) is 2.85. The van der Waals surface area contributed by atoms with Crippen LogP contribution in [0.4, 0.5) is 0 Å². The molecule has 1 saturated heterocycles. The lowest BCUT2D eigenvalue weighted by Crippen LogP contribution is -2.31. The van der Waals surface area contributed by atoms with Gasteiger partial charge in [-0.25, -0.2) is 0 Å².